The standard InChI is InChI=1S/C25H24N2O2S/c1-15-8-13-21-23(14-15)30-25(27-21)19-9-11-20(12-10-19)26-24(28)18(4)29-22-7-5-6-16(2)17(22)3/h5-14,18H,1-4H3,(H,26,28). The van der Waals surface area contributed by atoms with Gasteiger partial charge in [0.05, 0.1) is 10.2 Å². The third-order valence-corrected chi connectivity index (χ3v) is 6.24. The minimum atomic E-state index is -0.599. The Morgan fingerprint density at radius 2 is 1.80 bits per heavy atom. The number of benzene rings is 3. The largest absolute Gasteiger partial charge is 0.481 e. The summed E-state index contributed by atoms with van der Waals surface area (Å²) in [6.45, 7) is 7.87. The Bertz CT molecular complexity index is 1210. The molecule has 4 nitrogen and oxygen atoms in total. The number of hydrogen-bond acceptors (Lipinski definition) is 4. The van der Waals surface area contributed by atoms with Crippen molar-refractivity contribution in [2.75, 3.05) is 5.32 Å². The van der Waals surface area contributed by atoms with Crippen molar-refractivity contribution in [3.8, 4) is 16.3 Å². The number of fused-ring (bicyclic) bond motifs is 1. The van der Waals surface area contributed by atoms with Crippen LogP contribution in [-0.2, 0) is 4.79 Å². The van der Waals surface area contributed by atoms with Gasteiger partial charge in [-0.1, -0.05) is 18.2 Å². The lowest BCUT2D eigenvalue weighted by molar-refractivity contribution is -0.122. The normalized spacial score (nSPS) is 12.0. The van der Waals surface area contributed by atoms with Crippen LogP contribution in [0.25, 0.3) is 20.8 Å². The Labute approximate surface area is 180 Å². The van der Waals surface area contributed by atoms with Crippen molar-refractivity contribution in [3.05, 3.63) is 77.4 Å². The molecular weight excluding hydrogens is 392 g/mol. The third kappa shape index (κ3) is 4.21. The highest BCUT2D eigenvalue weighted by atomic mass is 32.1. The lowest BCUT2D eigenvalue weighted by Crippen LogP contribution is -2.30. The van der Waals surface area contributed by atoms with Gasteiger partial charge in [-0.05, 0) is 86.8 Å². The molecule has 0 saturated carbocycles. The Balaban J connectivity index is 1.44. The summed E-state index contributed by atoms with van der Waals surface area (Å²) in [5.74, 6) is 0.554. The molecule has 152 valence electrons. The second-order valence-corrected chi connectivity index (χ2v) is 8.55. The SMILES string of the molecule is Cc1ccc2nc(-c3ccc(NC(=O)C(C)Oc4cccc(C)c4C)cc3)sc2c1. The minimum absolute atomic E-state index is 0.181. The molecule has 1 aromatic heterocycles. The number of nitrogens with zero attached hydrogens (tertiary/aromatic N) is 1. The fourth-order valence-electron chi connectivity index (χ4n) is 3.19. The van der Waals surface area contributed by atoms with Crippen LogP contribution in [0.2, 0.25) is 0 Å². The van der Waals surface area contributed by atoms with E-state index in [1.165, 1.54) is 10.3 Å². The Kier molecular flexibility index (Phi) is 5.55. The van der Waals surface area contributed by atoms with Crippen LogP contribution in [0, 0.1) is 20.8 Å². The van der Waals surface area contributed by atoms with Crippen LogP contribution >= 0.6 is 11.3 Å². The first-order valence-corrected chi connectivity index (χ1v) is 10.7. The number of thiazole rings is 1. The van der Waals surface area contributed by atoms with Gasteiger partial charge in [-0.25, -0.2) is 4.98 Å². The number of anilines is 1. The molecule has 0 radical (unpaired) electrons. The van der Waals surface area contributed by atoms with E-state index >= 15 is 0 Å². The summed E-state index contributed by atoms with van der Waals surface area (Å²) < 4.78 is 7.06. The molecule has 1 amide bonds. The van der Waals surface area contributed by atoms with E-state index in [9.17, 15) is 4.79 Å². The van der Waals surface area contributed by atoms with Gasteiger partial charge in [0.1, 0.15) is 10.8 Å². The Morgan fingerprint density at radius 3 is 2.57 bits per heavy atom. The fourth-order valence-corrected chi connectivity index (χ4v) is 4.26. The quantitative estimate of drug-likeness (QED) is 0.416. The van der Waals surface area contributed by atoms with E-state index in [-0.39, 0.29) is 5.91 Å². The summed E-state index contributed by atoms with van der Waals surface area (Å²) in [7, 11) is 0. The topological polar surface area (TPSA) is 51.2 Å². The average Bonchev–Trinajstić information content (AvgIpc) is 3.15. The molecule has 1 atom stereocenters. The maximum atomic E-state index is 12.6. The van der Waals surface area contributed by atoms with E-state index in [0.717, 1.165) is 38.7 Å². The maximum absolute atomic E-state index is 12.6. The van der Waals surface area contributed by atoms with Crippen molar-refractivity contribution in [2.24, 2.45) is 0 Å². The van der Waals surface area contributed by atoms with Crippen molar-refractivity contribution in [3.63, 3.8) is 0 Å². The summed E-state index contributed by atoms with van der Waals surface area (Å²) in [4.78, 5) is 17.3. The molecule has 0 spiro atoms. The van der Waals surface area contributed by atoms with Crippen LogP contribution < -0.4 is 10.1 Å². The number of hydrogen-bond donors (Lipinski definition) is 1. The van der Waals surface area contributed by atoms with Crippen LogP contribution in [0.4, 0.5) is 5.69 Å². The number of rotatable bonds is 5. The maximum Gasteiger partial charge on any atom is 0.265 e. The predicted octanol–water partition coefficient (Wildman–Crippen LogP) is 6.29. The van der Waals surface area contributed by atoms with Crippen molar-refractivity contribution >= 4 is 33.1 Å². The Morgan fingerprint density at radius 1 is 1.03 bits per heavy atom. The summed E-state index contributed by atoms with van der Waals surface area (Å²) in [5, 5.41) is 3.90. The molecule has 0 aliphatic carbocycles. The molecule has 4 rings (SSSR count). The highest BCUT2D eigenvalue weighted by Gasteiger charge is 2.16. The summed E-state index contributed by atoms with van der Waals surface area (Å²) in [5.41, 5.74) is 6.19. The Hall–Kier alpha value is -3.18. The van der Waals surface area contributed by atoms with Gasteiger partial charge in [0.15, 0.2) is 6.10 Å². The van der Waals surface area contributed by atoms with Gasteiger partial charge in [-0.3, -0.25) is 4.79 Å². The second-order valence-electron chi connectivity index (χ2n) is 7.51. The van der Waals surface area contributed by atoms with E-state index in [0.29, 0.717) is 0 Å². The van der Waals surface area contributed by atoms with Crippen LogP contribution in [0.15, 0.2) is 60.7 Å². The fraction of sp³-hybridized carbons (Fsp3) is 0.200. The third-order valence-electron chi connectivity index (χ3n) is 5.17. The molecule has 1 unspecified atom stereocenters. The molecule has 0 bridgehead atoms. The van der Waals surface area contributed by atoms with Crippen LogP contribution in [0.5, 0.6) is 5.75 Å². The van der Waals surface area contributed by atoms with Gasteiger partial charge < -0.3 is 10.1 Å². The number of aromatic nitrogens is 1. The highest BCUT2D eigenvalue weighted by molar-refractivity contribution is 7.21. The zero-order valence-electron chi connectivity index (χ0n) is 17.5. The number of carbonyl (C=O) groups is 1. The molecule has 1 N–H and O–H groups in total. The average molecular weight is 417 g/mol. The van der Waals surface area contributed by atoms with Crippen molar-refractivity contribution in [1.29, 1.82) is 0 Å². The van der Waals surface area contributed by atoms with Gasteiger partial charge in [0.25, 0.3) is 5.91 Å². The molecule has 0 fully saturated rings. The van der Waals surface area contributed by atoms with Gasteiger partial charge in [0, 0.05) is 11.3 Å². The summed E-state index contributed by atoms with van der Waals surface area (Å²) in [6.07, 6.45) is -0.599. The first-order chi connectivity index (χ1) is 14.4. The van der Waals surface area contributed by atoms with Crippen molar-refractivity contribution in [1.82, 2.24) is 4.98 Å². The first-order valence-electron chi connectivity index (χ1n) is 9.92. The van der Waals surface area contributed by atoms with Gasteiger partial charge in [-0.15, -0.1) is 11.3 Å². The molecule has 30 heavy (non-hydrogen) atoms. The van der Waals surface area contributed by atoms with Crippen molar-refractivity contribution in [2.45, 2.75) is 33.8 Å². The second kappa shape index (κ2) is 8.28. The van der Waals surface area contributed by atoms with Gasteiger partial charge >= 0.3 is 0 Å². The lowest BCUT2D eigenvalue weighted by Gasteiger charge is -2.17. The number of amides is 1. The number of carbonyl (C=O) groups excluding carboxylic acids is 1. The van der Waals surface area contributed by atoms with E-state index in [1.54, 1.807) is 18.3 Å². The molecule has 0 aliphatic rings. The first kappa shape index (κ1) is 20.1. The predicted molar refractivity (Wildman–Crippen MR) is 124 cm³/mol. The zero-order valence-corrected chi connectivity index (χ0v) is 18.3. The van der Waals surface area contributed by atoms with Crippen molar-refractivity contribution < 1.29 is 9.53 Å². The number of ether oxygens (including phenoxy) is 1. The van der Waals surface area contributed by atoms with Crippen LogP contribution in [0.3, 0.4) is 0 Å². The van der Waals surface area contributed by atoms with Gasteiger partial charge in [0.2, 0.25) is 0 Å². The van der Waals surface area contributed by atoms with Gasteiger partial charge in [-0.2, -0.15) is 0 Å². The molecule has 5 heteroatoms. The molecule has 1 heterocycles. The number of aryl methyl sites for hydroxylation is 2. The van der Waals surface area contributed by atoms with E-state index in [1.807, 2.05) is 56.3 Å². The van der Waals surface area contributed by atoms with E-state index < -0.39 is 6.10 Å². The molecule has 4 aromatic rings. The molecule has 3 aromatic carbocycles. The molecular formula is C25H24N2O2S. The van der Waals surface area contributed by atoms with E-state index in [2.05, 4.69) is 30.4 Å². The zero-order chi connectivity index (χ0) is 21.3. The van der Waals surface area contributed by atoms with Crippen LogP contribution in [-0.4, -0.2) is 17.0 Å². The number of nitrogens with one attached hydrogen (secondary N) is 1. The smallest absolute Gasteiger partial charge is 0.265 e. The minimum Gasteiger partial charge on any atom is -0.481 e. The lowest BCUT2D eigenvalue weighted by atomic mass is 10.1. The molecule has 0 saturated heterocycles. The van der Waals surface area contributed by atoms with Crippen LogP contribution in [0.1, 0.15) is 23.6 Å². The van der Waals surface area contributed by atoms with E-state index in [4.69, 9.17) is 9.72 Å². The summed E-state index contributed by atoms with van der Waals surface area (Å²) >= 11 is 1.67. The molecule has 0 aliphatic heterocycles. The monoisotopic (exact) mass is 416 g/mol. The highest BCUT2D eigenvalue weighted by Crippen LogP contribution is 2.31. The summed E-state index contributed by atoms with van der Waals surface area (Å²) in [6, 6.07) is 19.9.